The first-order chi connectivity index (χ1) is 13.5. The van der Waals surface area contributed by atoms with Crippen molar-refractivity contribution in [3.63, 3.8) is 0 Å². The second kappa shape index (κ2) is 8.30. The lowest BCUT2D eigenvalue weighted by molar-refractivity contribution is -0.384. The molecular weight excluding hydrogens is 362 g/mol. The number of nitro benzene ring substituents is 1. The number of non-ortho nitro benzene ring substituents is 1. The number of fused-ring (bicyclic) bond motifs is 1. The molecule has 2 N–H and O–H groups in total. The molecule has 0 bridgehead atoms. The van der Waals surface area contributed by atoms with Crippen molar-refractivity contribution >= 4 is 28.5 Å². The maximum Gasteiger partial charge on any atom is 0.270 e. The normalized spacial score (nSPS) is 10.6. The summed E-state index contributed by atoms with van der Waals surface area (Å²) in [7, 11) is 0. The second-order valence-electron chi connectivity index (χ2n) is 6.14. The van der Waals surface area contributed by atoms with E-state index in [9.17, 15) is 19.7 Å². The number of hydrogen-bond acceptors (Lipinski definition) is 5. The van der Waals surface area contributed by atoms with Crippen LogP contribution < -0.4 is 10.6 Å². The molecule has 3 aromatic rings. The lowest BCUT2D eigenvalue weighted by Gasteiger charge is -2.09. The predicted molar refractivity (Wildman–Crippen MR) is 103 cm³/mol. The Balaban J connectivity index is 1.49. The summed E-state index contributed by atoms with van der Waals surface area (Å²) in [4.78, 5) is 38.7. The zero-order valence-electron chi connectivity index (χ0n) is 15.2. The third-order valence-corrected chi connectivity index (χ3v) is 4.23. The van der Waals surface area contributed by atoms with Gasteiger partial charge in [-0.25, -0.2) is 4.98 Å². The second-order valence-corrected chi connectivity index (χ2v) is 6.14. The molecule has 9 heteroatoms. The molecule has 1 heterocycles. The Hall–Kier alpha value is -3.75. The zero-order chi connectivity index (χ0) is 20.1. The van der Waals surface area contributed by atoms with Crippen molar-refractivity contribution in [2.24, 2.45) is 0 Å². The number of imidazole rings is 1. The highest BCUT2D eigenvalue weighted by atomic mass is 16.6. The average Bonchev–Trinajstić information content (AvgIpc) is 3.01. The Kier molecular flexibility index (Phi) is 5.64. The number of nitrogens with zero attached hydrogens (tertiary/aromatic N) is 3. The summed E-state index contributed by atoms with van der Waals surface area (Å²) in [5.41, 5.74) is 1.84. The van der Waals surface area contributed by atoms with E-state index in [-0.39, 0.29) is 23.7 Å². The van der Waals surface area contributed by atoms with Crippen molar-refractivity contribution in [2.75, 3.05) is 13.1 Å². The van der Waals surface area contributed by atoms with E-state index in [1.54, 1.807) is 0 Å². The highest BCUT2D eigenvalue weighted by Gasteiger charge is 2.12. The maximum absolute atomic E-state index is 12.0. The van der Waals surface area contributed by atoms with Crippen LogP contribution in [0.3, 0.4) is 0 Å². The summed E-state index contributed by atoms with van der Waals surface area (Å²) in [6.45, 7) is 2.62. The molecule has 28 heavy (non-hydrogen) atoms. The molecule has 0 atom stereocenters. The fourth-order valence-corrected chi connectivity index (χ4v) is 2.87. The molecule has 0 aliphatic rings. The molecular formula is C19H19N5O4. The minimum atomic E-state index is -0.578. The topological polar surface area (TPSA) is 119 Å². The molecule has 1 aromatic heterocycles. The molecule has 0 radical (unpaired) electrons. The van der Waals surface area contributed by atoms with E-state index >= 15 is 0 Å². The molecule has 0 aliphatic carbocycles. The fourth-order valence-electron chi connectivity index (χ4n) is 2.87. The smallest absolute Gasteiger partial charge is 0.270 e. The van der Waals surface area contributed by atoms with Crippen LogP contribution in [0.15, 0.2) is 48.5 Å². The van der Waals surface area contributed by atoms with Gasteiger partial charge in [-0.2, -0.15) is 0 Å². The van der Waals surface area contributed by atoms with Crippen LogP contribution in [0.1, 0.15) is 16.2 Å². The van der Waals surface area contributed by atoms with Gasteiger partial charge in [0, 0.05) is 30.8 Å². The summed E-state index contributed by atoms with van der Waals surface area (Å²) in [5, 5.41) is 16.0. The molecule has 0 unspecified atom stereocenters. The molecule has 144 valence electrons. The quantitative estimate of drug-likeness (QED) is 0.478. The van der Waals surface area contributed by atoms with Crippen LogP contribution in [-0.4, -0.2) is 39.4 Å². The molecule has 0 fully saturated rings. The first kappa shape index (κ1) is 19.0. The van der Waals surface area contributed by atoms with Crippen molar-refractivity contribution in [1.82, 2.24) is 20.2 Å². The number of aromatic nitrogens is 2. The molecule has 0 aliphatic heterocycles. The Morgan fingerprint density at radius 3 is 2.71 bits per heavy atom. The third-order valence-electron chi connectivity index (χ3n) is 4.23. The van der Waals surface area contributed by atoms with Crippen molar-refractivity contribution in [3.8, 4) is 0 Å². The Morgan fingerprint density at radius 1 is 1.14 bits per heavy atom. The van der Waals surface area contributed by atoms with E-state index in [0.717, 1.165) is 16.9 Å². The number of amides is 2. The predicted octanol–water partition coefficient (Wildman–Crippen LogP) is 1.80. The van der Waals surface area contributed by atoms with Crippen molar-refractivity contribution in [3.05, 3.63) is 70.0 Å². The first-order valence-electron chi connectivity index (χ1n) is 8.67. The largest absolute Gasteiger partial charge is 0.353 e. The first-order valence-corrected chi connectivity index (χ1v) is 8.67. The number of para-hydroxylation sites is 2. The van der Waals surface area contributed by atoms with Gasteiger partial charge in [-0.3, -0.25) is 19.7 Å². The van der Waals surface area contributed by atoms with Crippen LogP contribution in [0.5, 0.6) is 0 Å². The van der Waals surface area contributed by atoms with Crippen molar-refractivity contribution in [2.45, 2.75) is 13.5 Å². The number of hydrogen-bond donors (Lipinski definition) is 2. The van der Waals surface area contributed by atoms with E-state index in [1.165, 1.54) is 24.3 Å². The fraction of sp³-hybridized carbons (Fsp3) is 0.211. The van der Waals surface area contributed by atoms with E-state index in [0.29, 0.717) is 13.1 Å². The Bertz CT molecular complexity index is 1040. The number of aryl methyl sites for hydroxylation is 1. The third kappa shape index (κ3) is 4.32. The zero-order valence-corrected chi connectivity index (χ0v) is 15.2. The summed E-state index contributed by atoms with van der Waals surface area (Å²) in [6, 6.07) is 13.1. The molecule has 0 saturated carbocycles. The molecule has 0 spiro atoms. The Labute approximate surface area is 160 Å². The van der Waals surface area contributed by atoms with Crippen molar-refractivity contribution < 1.29 is 14.5 Å². The highest BCUT2D eigenvalue weighted by Crippen LogP contribution is 2.15. The van der Waals surface area contributed by atoms with Gasteiger partial charge in [0.25, 0.3) is 11.6 Å². The van der Waals surface area contributed by atoms with Gasteiger partial charge in [0.1, 0.15) is 5.82 Å². The molecule has 2 aromatic carbocycles. The van der Waals surface area contributed by atoms with Crippen LogP contribution in [0, 0.1) is 17.0 Å². The van der Waals surface area contributed by atoms with Crippen LogP contribution in [-0.2, 0) is 11.3 Å². The van der Waals surface area contributed by atoms with Crippen LogP contribution in [0.25, 0.3) is 11.0 Å². The van der Waals surface area contributed by atoms with Gasteiger partial charge < -0.3 is 15.2 Å². The number of carbonyl (C=O) groups is 2. The van der Waals surface area contributed by atoms with Crippen molar-refractivity contribution in [1.29, 1.82) is 0 Å². The Morgan fingerprint density at radius 2 is 1.93 bits per heavy atom. The number of rotatable bonds is 7. The summed E-state index contributed by atoms with van der Waals surface area (Å²) in [6.07, 6.45) is 0. The SMILES string of the molecule is Cc1nc2ccccc2n1CCNC(=O)CNC(=O)c1cccc([N+](=O)[O-])c1. The minimum Gasteiger partial charge on any atom is -0.353 e. The van der Waals surface area contributed by atoms with Crippen LogP contribution in [0.2, 0.25) is 0 Å². The molecule has 2 amide bonds. The van der Waals surface area contributed by atoms with E-state index < -0.39 is 10.8 Å². The number of nitrogens with one attached hydrogen (secondary N) is 2. The van der Waals surface area contributed by atoms with Gasteiger partial charge >= 0.3 is 0 Å². The maximum atomic E-state index is 12.0. The molecule has 0 saturated heterocycles. The van der Waals surface area contributed by atoms with Gasteiger partial charge in [-0.1, -0.05) is 18.2 Å². The van der Waals surface area contributed by atoms with E-state index in [1.807, 2.05) is 35.8 Å². The lowest BCUT2D eigenvalue weighted by atomic mass is 10.2. The van der Waals surface area contributed by atoms with Gasteiger partial charge in [0.2, 0.25) is 5.91 Å². The summed E-state index contributed by atoms with van der Waals surface area (Å²) >= 11 is 0. The van der Waals surface area contributed by atoms with Crippen LogP contribution >= 0.6 is 0 Å². The monoisotopic (exact) mass is 381 g/mol. The van der Waals surface area contributed by atoms with E-state index in [4.69, 9.17) is 0 Å². The standard InChI is InChI=1S/C19H19N5O4/c1-13-22-16-7-2-3-8-17(16)23(13)10-9-20-18(25)12-21-19(26)14-5-4-6-15(11-14)24(27)28/h2-8,11H,9-10,12H2,1H3,(H,20,25)(H,21,26). The van der Waals surface area contributed by atoms with E-state index in [2.05, 4.69) is 15.6 Å². The van der Waals surface area contributed by atoms with Crippen LogP contribution in [0.4, 0.5) is 5.69 Å². The minimum absolute atomic E-state index is 0.127. The van der Waals surface area contributed by atoms with Gasteiger partial charge in [-0.05, 0) is 25.1 Å². The molecule has 9 nitrogen and oxygen atoms in total. The highest BCUT2D eigenvalue weighted by molar-refractivity contribution is 5.96. The number of nitro groups is 1. The summed E-state index contributed by atoms with van der Waals surface area (Å²) < 4.78 is 2.01. The average molecular weight is 381 g/mol. The number of carbonyl (C=O) groups excluding carboxylic acids is 2. The number of benzene rings is 2. The van der Waals surface area contributed by atoms with Gasteiger partial charge in [-0.15, -0.1) is 0 Å². The summed E-state index contributed by atoms with van der Waals surface area (Å²) in [5.74, 6) is -0.0365. The lowest BCUT2D eigenvalue weighted by Crippen LogP contribution is -2.38. The van der Waals surface area contributed by atoms with Gasteiger partial charge in [0.15, 0.2) is 0 Å². The van der Waals surface area contributed by atoms with Gasteiger partial charge in [0.05, 0.1) is 22.5 Å². The molecule has 3 rings (SSSR count).